The zero-order valence-electron chi connectivity index (χ0n) is 15.7. The van der Waals surface area contributed by atoms with Crippen molar-refractivity contribution < 1.29 is 14.3 Å². The number of methoxy groups -OCH3 is 1. The van der Waals surface area contributed by atoms with Crippen molar-refractivity contribution in [3.63, 3.8) is 0 Å². The molecule has 8 heteroatoms. The fourth-order valence-corrected chi connectivity index (χ4v) is 3.38. The summed E-state index contributed by atoms with van der Waals surface area (Å²) in [7, 11) is 3.45. The first-order chi connectivity index (χ1) is 13.1. The van der Waals surface area contributed by atoms with Gasteiger partial charge in [0.2, 0.25) is 5.91 Å². The Balaban J connectivity index is 1.56. The highest BCUT2D eigenvalue weighted by atomic mass is 16.5. The molecule has 0 aromatic carbocycles. The molecule has 27 heavy (non-hydrogen) atoms. The molecule has 1 saturated heterocycles. The number of hydrogen-bond donors (Lipinski definition) is 1. The minimum atomic E-state index is -0.247. The Morgan fingerprint density at radius 3 is 2.63 bits per heavy atom. The number of carbonyl (C=O) groups is 2. The lowest BCUT2D eigenvalue weighted by Crippen LogP contribution is -2.44. The van der Waals surface area contributed by atoms with Crippen LogP contribution in [0.25, 0.3) is 0 Å². The third kappa shape index (κ3) is 4.51. The first kappa shape index (κ1) is 19.0. The van der Waals surface area contributed by atoms with Crippen molar-refractivity contribution in [3.05, 3.63) is 48.0 Å². The summed E-state index contributed by atoms with van der Waals surface area (Å²) in [5.41, 5.74) is 1.34. The van der Waals surface area contributed by atoms with Crippen molar-refractivity contribution in [3.8, 4) is 0 Å². The molecule has 1 N–H and O–H groups in total. The van der Waals surface area contributed by atoms with Gasteiger partial charge in [0.25, 0.3) is 5.91 Å². The van der Waals surface area contributed by atoms with Crippen molar-refractivity contribution in [2.45, 2.75) is 18.9 Å². The molecular formula is C19H25N5O3. The minimum absolute atomic E-state index is 0.0109. The van der Waals surface area contributed by atoms with E-state index in [4.69, 9.17) is 4.74 Å². The Morgan fingerprint density at radius 2 is 2.04 bits per heavy atom. The van der Waals surface area contributed by atoms with Crippen LogP contribution in [-0.4, -0.2) is 58.3 Å². The molecular weight excluding hydrogens is 346 g/mol. The van der Waals surface area contributed by atoms with Gasteiger partial charge in [0.15, 0.2) is 0 Å². The first-order valence-electron chi connectivity index (χ1n) is 9.07. The van der Waals surface area contributed by atoms with Gasteiger partial charge in [-0.15, -0.1) is 0 Å². The average molecular weight is 371 g/mol. The van der Waals surface area contributed by atoms with Gasteiger partial charge >= 0.3 is 0 Å². The quantitative estimate of drug-likeness (QED) is 0.823. The predicted molar refractivity (Wildman–Crippen MR) is 98.8 cm³/mol. The number of hydrogen-bond acceptors (Lipinski definition) is 5. The molecule has 3 rings (SSSR count). The Labute approximate surface area is 158 Å². The third-order valence-electron chi connectivity index (χ3n) is 4.90. The van der Waals surface area contributed by atoms with E-state index >= 15 is 0 Å². The van der Waals surface area contributed by atoms with Crippen molar-refractivity contribution in [1.82, 2.24) is 25.0 Å². The van der Waals surface area contributed by atoms with E-state index in [1.807, 2.05) is 13.1 Å². The lowest BCUT2D eigenvalue weighted by atomic mass is 9.95. The summed E-state index contributed by atoms with van der Waals surface area (Å²) in [5.74, 6) is -0.213. The zero-order chi connectivity index (χ0) is 19.2. The molecule has 1 fully saturated rings. The topological polar surface area (TPSA) is 89.3 Å². The van der Waals surface area contributed by atoms with Crippen LogP contribution in [-0.2, 0) is 16.6 Å². The Hall–Kier alpha value is -2.74. The summed E-state index contributed by atoms with van der Waals surface area (Å²) in [6.45, 7) is 1.48. The highest BCUT2D eigenvalue weighted by molar-refractivity contribution is 5.92. The van der Waals surface area contributed by atoms with Gasteiger partial charge in [-0.2, -0.15) is 5.10 Å². The summed E-state index contributed by atoms with van der Waals surface area (Å²) >= 11 is 0. The summed E-state index contributed by atoms with van der Waals surface area (Å²) < 4.78 is 6.99. The maximum Gasteiger partial charge on any atom is 0.272 e. The Bertz CT molecular complexity index is 769. The molecule has 3 heterocycles. The van der Waals surface area contributed by atoms with Crippen molar-refractivity contribution >= 4 is 11.8 Å². The molecule has 0 bridgehead atoms. The van der Waals surface area contributed by atoms with Crippen LogP contribution in [0.15, 0.2) is 36.7 Å². The monoisotopic (exact) mass is 371 g/mol. The number of amides is 2. The number of pyridine rings is 1. The summed E-state index contributed by atoms with van der Waals surface area (Å²) in [6, 6.07) is 6.92. The van der Waals surface area contributed by atoms with E-state index in [1.54, 1.807) is 47.3 Å². The fraction of sp³-hybridized carbons (Fsp3) is 0.474. The van der Waals surface area contributed by atoms with E-state index in [0.717, 1.165) is 5.69 Å². The summed E-state index contributed by atoms with van der Waals surface area (Å²) in [6.07, 6.45) is 4.58. The van der Waals surface area contributed by atoms with Gasteiger partial charge in [-0.25, -0.2) is 0 Å². The van der Waals surface area contributed by atoms with Crippen molar-refractivity contribution in [1.29, 1.82) is 0 Å². The van der Waals surface area contributed by atoms with Gasteiger partial charge in [0.05, 0.1) is 18.3 Å². The number of aryl methyl sites for hydroxylation is 1. The van der Waals surface area contributed by atoms with E-state index in [0.29, 0.717) is 38.2 Å². The molecule has 8 nitrogen and oxygen atoms in total. The van der Waals surface area contributed by atoms with Crippen LogP contribution in [0.3, 0.4) is 0 Å². The smallest absolute Gasteiger partial charge is 0.272 e. The number of nitrogens with one attached hydrogen (secondary N) is 1. The van der Waals surface area contributed by atoms with E-state index in [-0.39, 0.29) is 23.8 Å². The molecule has 1 aliphatic heterocycles. The maximum atomic E-state index is 12.7. The lowest BCUT2D eigenvalue weighted by Gasteiger charge is -2.32. The third-order valence-corrected chi connectivity index (χ3v) is 4.90. The number of nitrogens with zero attached hydrogens (tertiary/aromatic N) is 4. The lowest BCUT2D eigenvalue weighted by molar-refractivity contribution is -0.127. The molecule has 1 aliphatic rings. The van der Waals surface area contributed by atoms with E-state index in [9.17, 15) is 9.59 Å². The number of rotatable bonds is 6. The summed E-state index contributed by atoms with van der Waals surface area (Å²) in [5, 5.41) is 7.22. The SMILES string of the molecule is COC[C@H](NC(=O)C1CCN(C(=O)c2ccccn2)CC1)c1ccnn1C. The average Bonchev–Trinajstić information content (AvgIpc) is 3.13. The number of likely N-dealkylation sites (tertiary alicyclic amines) is 1. The Kier molecular flexibility index (Phi) is 6.18. The molecule has 0 saturated carbocycles. The molecule has 0 radical (unpaired) electrons. The molecule has 2 aromatic heterocycles. The van der Waals surface area contributed by atoms with Crippen LogP contribution in [0.2, 0.25) is 0 Å². The number of ether oxygens (including phenoxy) is 1. The van der Waals surface area contributed by atoms with Crippen LogP contribution in [0, 0.1) is 5.92 Å². The molecule has 2 amide bonds. The standard InChI is InChI=1S/C19H25N5O3/c1-23-17(6-10-21-23)16(13-27-2)22-18(25)14-7-11-24(12-8-14)19(26)15-5-3-4-9-20-15/h3-6,9-10,14,16H,7-8,11-13H2,1-2H3,(H,22,25)/t16-/m0/s1. The van der Waals surface area contributed by atoms with Gasteiger partial charge in [-0.3, -0.25) is 19.3 Å². The van der Waals surface area contributed by atoms with Crippen LogP contribution >= 0.6 is 0 Å². The van der Waals surface area contributed by atoms with Crippen LogP contribution < -0.4 is 5.32 Å². The second-order valence-electron chi connectivity index (χ2n) is 6.68. The highest BCUT2D eigenvalue weighted by Gasteiger charge is 2.30. The van der Waals surface area contributed by atoms with Crippen LogP contribution in [0.4, 0.5) is 0 Å². The molecule has 0 unspecified atom stereocenters. The molecule has 2 aromatic rings. The second kappa shape index (κ2) is 8.77. The summed E-state index contributed by atoms with van der Waals surface area (Å²) in [4.78, 5) is 31.1. The van der Waals surface area contributed by atoms with E-state index in [1.165, 1.54) is 0 Å². The molecule has 1 atom stereocenters. The molecule has 144 valence electrons. The van der Waals surface area contributed by atoms with Crippen LogP contribution in [0.5, 0.6) is 0 Å². The molecule has 0 spiro atoms. The maximum absolute atomic E-state index is 12.7. The van der Waals surface area contributed by atoms with E-state index in [2.05, 4.69) is 15.4 Å². The normalized spacial score (nSPS) is 16.1. The predicted octanol–water partition coefficient (Wildman–Crippen LogP) is 1.17. The number of carbonyl (C=O) groups excluding carboxylic acids is 2. The fourth-order valence-electron chi connectivity index (χ4n) is 3.38. The second-order valence-corrected chi connectivity index (χ2v) is 6.68. The van der Waals surface area contributed by atoms with Crippen molar-refractivity contribution in [2.24, 2.45) is 13.0 Å². The Morgan fingerprint density at radius 1 is 1.26 bits per heavy atom. The van der Waals surface area contributed by atoms with Gasteiger partial charge in [0, 0.05) is 45.6 Å². The van der Waals surface area contributed by atoms with Crippen LogP contribution in [0.1, 0.15) is 35.1 Å². The van der Waals surface area contributed by atoms with Gasteiger partial charge < -0.3 is 15.0 Å². The van der Waals surface area contributed by atoms with Gasteiger partial charge in [-0.05, 0) is 31.0 Å². The van der Waals surface area contributed by atoms with Crippen molar-refractivity contribution in [2.75, 3.05) is 26.8 Å². The van der Waals surface area contributed by atoms with E-state index < -0.39 is 0 Å². The number of piperidine rings is 1. The largest absolute Gasteiger partial charge is 0.382 e. The van der Waals surface area contributed by atoms with Gasteiger partial charge in [0.1, 0.15) is 5.69 Å². The highest BCUT2D eigenvalue weighted by Crippen LogP contribution is 2.21. The zero-order valence-corrected chi connectivity index (χ0v) is 15.7. The first-order valence-corrected chi connectivity index (χ1v) is 9.07. The minimum Gasteiger partial charge on any atom is -0.382 e. The van der Waals surface area contributed by atoms with Gasteiger partial charge in [-0.1, -0.05) is 6.07 Å². The molecule has 0 aliphatic carbocycles. The number of aromatic nitrogens is 3.